The average molecular weight is 605 g/mol. The lowest BCUT2D eigenvalue weighted by Gasteiger charge is -2.45. The molecule has 10 atom stereocenters. The fourth-order valence-corrected chi connectivity index (χ4v) is 4.91. The summed E-state index contributed by atoms with van der Waals surface area (Å²) in [5.74, 6) is -0.644. The Bertz CT molecular complexity index is 790. The lowest BCUT2D eigenvalue weighted by Crippen LogP contribution is -2.64. The van der Waals surface area contributed by atoms with Gasteiger partial charge < -0.3 is 54.7 Å². The molecule has 7 N–H and O–H groups in total. The molecule has 244 valence electrons. The predicted octanol–water partition coefficient (Wildman–Crippen LogP) is 0.967. The highest BCUT2D eigenvalue weighted by atomic mass is 16.8. The van der Waals surface area contributed by atoms with Crippen LogP contribution in [0.2, 0.25) is 0 Å². The van der Waals surface area contributed by atoms with Crippen LogP contribution in [0.15, 0.2) is 24.3 Å². The quantitative estimate of drug-likeness (QED) is 0.0628. The molecule has 0 saturated carbocycles. The molecule has 0 bridgehead atoms. The number of allylic oxidation sites excluding steroid dienone is 4. The zero-order valence-electron chi connectivity index (χ0n) is 24.7. The minimum atomic E-state index is -1.77. The molecule has 0 spiro atoms. The van der Waals surface area contributed by atoms with E-state index in [0.29, 0.717) is 6.42 Å². The first-order valence-corrected chi connectivity index (χ1v) is 15.3. The highest BCUT2D eigenvalue weighted by molar-refractivity contribution is 5.69. The number of rotatable bonds is 19. The lowest BCUT2D eigenvalue weighted by molar-refractivity contribution is -0.376. The Morgan fingerprint density at radius 2 is 1.21 bits per heavy atom. The summed E-state index contributed by atoms with van der Waals surface area (Å²) in [6.45, 7) is 0.820. The van der Waals surface area contributed by atoms with Gasteiger partial charge in [0.25, 0.3) is 0 Å². The second-order valence-electron chi connectivity index (χ2n) is 11.0. The van der Waals surface area contributed by atoms with E-state index in [1.165, 1.54) is 19.3 Å². The standard InChI is InChI=1S/C30H52O12/c1-2-3-4-5-6-7-8-9-10-11-12-13-14-15-16-17-22(33)41-28-24(35)21(19-32)40-30(27(28)38)42-29-26(37)25(36)23(34)20(18-31)39-29/h6-7,9-10,20-21,23-32,34-38H,2-5,8,11-19H2,1H3/b7-6-,10-9-/t20-,21-,23-,24-,25+,26-,27-,28+,29-,30-/m1/s1. The van der Waals surface area contributed by atoms with E-state index in [2.05, 4.69) is 31.2 Å². The van der Waals surface area contributed by atoms with E-state index in [0.717, 1.165) is 44.9 Å². The van der Waals surface area contributed by atoms with Crippen LogP contribution in [0.1, 0.15) is 84.0 Å². The Morgan fingerprint density at radius 3 is 1.83 bits per heavy atom. The number of hydrogen-bond acceptors (Lipinski definition) is 12. The summed E-state index contributed by atoms with van der Waals surface area (Å²) >= 11 is 0. The van der Waals surface area contributed by atoms with Crippen LogP contribution in [0.5, 0.6) is 0 Å². The van der Waals surface area contributed by atoms with Crippen molar-refractivity contribution in [2.24, 2.45) is 0 Å². The molecule has 2 aliphatic heterocycles. The van der Waals surface area contributed by atoms with Crippen molar-refractivity contribution in [3.63, 3.8) is 0 Å². The number of carbonyl (C=O) groups is 1. The molecule has 2 rings (SSSR count). The zero-order chi connectivity index (χ0) is 30.9. The molecule has 12 nitrogen and oxygen atoms in total. The van der Waals surface area contributed by atoms with Crippen LogP contribution < -0.4 is 0 Å². The molecule has 0 aromatic heterocycles. The van der Waals surface area contributed by atoms with Gasteiger partial charge in [0.05, 0.1) is 13.2 Å². The Balaban J connectivity index is 1.71. The van der Waals surface area contributed by atoms with Crippen LogP contribution >= 0.6 is 0 Å². The number of esters is 1. The third kappa shape index (κ3) is 11.9. The van der Waals surface area contributed by atoms with E-state index in [1.807, 2.05) is 0 Å². The van der Waals surface area contributed by atoms with E-state index in [4.69, 9.17) is 18.9 Å². The van der Waals surface area contributed by atoms with Crippen molar-refractivity contribution in [1.82, 2.24) is 0 Å². The first kappa shape index (κ1) is 36.7. The van der Waals surface area contributed by atoms with Crippen LogP contribution in [0, 0.1) is 0 Å². The Kier molecular flexibility index (Phi) is 17.9. The minimum Gasteiger partial charge on any atom is -0.456 e. The van der Waals surface area contributed by atoms with E-state index >= 15 is 0 Å². The maximum Gasteiger partial charge on any atom is 0.306 e. The second-order valence-corrected chi connectivity index (χ2v) is 11.0. The van der Waals surface area contributed by atoms with Gasteiger partial charge in [0.1, 0.15) is 42.7 Å². The number of ether oxygens (including phenoxy) is 4. The van der Waals surface area contributed by atoms with Crippen molar-refractivity contribution in [2.75, 3.05) is 13.2 Å². The van der Waals surface area contributed by atoms with E-state index < -0.39 is 80.6 Å². The smallest absolute Gasteiger partial charge is 0.306 e. The van der Waals surface area contributed by atoms with Crippen molar-refractivity contribution in [3.8, 4) is 0 Å². The topological polar surface area (TPSA) is 196 Å². The van der Waals surface area contributed by atoms with Crippen LogP contribution in [-0.2, 0) is 23.7 Å². The molecule has 0 amide bonds. The summed E-state index contributed by atoms with van der Waals surface area (Å²) in [7, 11) is 0. The SMILES string of the molecule is CCCCC/C=C\C/C=C\CCCCCCCC(=O)O[C@@H]1[C@@H](O)[C@@H](O[C@H]2O[C@H](CO)[C@@H](O)[C@H](O)[C@H]2O)O[C@H](CO)[C@H]1O. The number of aliphatic hydroxyl groups is 7. The van der Waals surface area contributed by atoms with Gasteiger partial charge in [-0.2, -0.15) is 0 Å². The molecule has 0 aromatic rings. The van der Waals surface area contributed by atoms with Gasteiger partial charge in [-0.25, -0.2) is 0 Å². The molecular formula is C30H52O12. The summed E-state index contributed by atoms with van der Waals surface area (Å²) in [6, 6.07) is 0. The summed E-state index contributed by atoms with van der Waals surface area (Å²) in [5, 5.41) is 70.4. The first-order valence-electron chi connectivity index (χ1n) is 15.3. The maximum absolute atomic E-state index is 12.5. The molecule has 2 aliphatic rings. The second kappa shape index (κ2) is 20.5. The van der Waals surface area contributed by atoms with Crippen molar-refractivity contribution in [3.05, 3.63) is 24.3 Å². The Labute approximate surface area is 248 Å². The summed E-state index contributed by atoms with van der Waals surface area (Å²) in [5.41, 5.74) is 0. The van der Waals surface area contributed by atoms with Gasteiger partial charge in [0, 0.05) is 6.42 Å². The summed E-state index contributed by atoms with van der Waals surface area (Å²) < 4.78 is 21.4. The number of aliphatic hydroxyl groups excluding tert-OH is 7. The van der Waals surface area contributed by atoms with Gasteiger partial charge in [-0.3, -0.25) is 4.79 Å². The molecule has 0 aliphatic carbocycles. The molecule has 42 heavy (non-hydrogen) atoms. The van der Waals surface area contributed by atoms with Crippen LogP contribution in [0.3, 0.4) is 0 Å². The van der Waals surface area contributed by atoms with Gasteiger partial charge in [-0.15, -0.1) is 0 Å². The summed E-state index contributed by atoms with van der Waals surface area (Å²) in [4.78, 5) is 12.5. The largest absolute Gasteiger partial charge is 0.456 e. The van der Waals surface area contributed by atoms with Gasteiger partial charge >= 0.3 is 5.97 Å². The minimum absolute atomic E-state index is 0.0727. The molecule has 2 fully saturated rings. The number of hydrogen-bond donors (Lipinski definition) is 7. The van der Waals surface area contributed by atoms with Crippen LogP contribution in [0.4, 0.5) is 0 Å². The van der Waals surface area contributed by atoms with Gasteiger partial charge in [0.2, 0.25) is 0 Å². The number of unbranched alkanes of at least 4 members (excludes halogenated alkanes) is 8. The highest BCUT2D eigenvalue weighted by Gasteiger charge is 2.51. The average Bonchev–Trinajstić information content (AvgIpc) is 2.98. The third-order valence-electron chi connectivity index (χ3n) is 7.54. The third-order valence-corrected chi connectivity index (χ3v) is 7.54. The predicted molar refractivity (Wildman–Crippen MR) is 152 cm³/mol. The summed E-state index contributed by atoms with van der Waals surface area (Å²) in [6.07, 6.45) is 4.54. The van der Waals surface area contributed by atoms with Gasteiger partial charge in [-0.05, 0) is 38.5 Å². The van der Waals surface area contributed by atoms with Gasteiger partial charge in [0.15, 0.2) is 18.7 Å². The molecule has 2 saturated heterocycles. The molecule has 12 heteroatoms. The normalized spacial score (nSPS) is 33.9. The number of carbonyl (C=O) groups excluding carboxylic acids is 1. The lowest BCUT2D eigenvalue weighted by atomic mass is 9.98. The fourth-order valence-electron chi connectivity index (χ4n) is 4.91. The van der Waals surface area contributed by atoms with Crippen molar-refractivity contribution in [2.45, 2.75) is 145 Å². The molecule has 0 aromatic carbocycles. The first-order chi connectivity index (χ1) is 20.2. The highest BCUT2D eigenvalue weighted by Crippen LogP contribution is 2.29. The van der Waals surface area contributed by atoms with E-state index in [1.54, 1.807) is 0 Å². The molecule has 0 unspecified atom stereocenters. The van der Waals surface area contributed by atoms with Gasteiger partial charge in [-0.1, -0.05) is 63.3 Å². The Morgan fingerprint density at radius 1 is 0.667 bits per heavy atom. The Hall–Kier alpha value is -1.45. The van der Waals surface area contributed by atoms with Crippen LogP contribution in [0.25, 0.3) is 0 Å². The fraction of sp³-hybridized carbons (Fsp3) is 0.833. The van der Waals surface area contributed by atoms with Crippen molar-refractivity contribution in [1.29, 1.82) is 0 Å². The monoisotopic (exact) mass is 604 g/mol. The van der Waals surface area contributed by atoms with Crippen molar-refractivity contribution >= 4 is 5.97 Å². The molecule has 2 heterocycles. The van der Waals surface area contributed by atoms with E-state index in [-0.39, 0.29) is 6.42 Å². The van der Waals surface area contributed by atoms with Crippen LogP contribution in [-0.4, -0.2) is 116 Å². The van der Waals surface area contributed by atoms with Crippen molar-refractivity contribution < 1.29 is 59.5 Å². The molecular weight excluding hydrogens is 552 g/mol. The van der Waals surface area contributed by atoms with E-state index in [9.17, 15) is 40.5 Å². The maximum atomic E-state index is 12.5. The molecule has 0 radical (unpaired) electrons. The zero-order valence-corrected chi connectivity index (χ0v) is 24.7.